The Balaban J connectivity index is 1.47. The van der Waals surface area contributed by atoms with E-state index in [-0.39, 0.29) is 23.3 Å². The fraction of sp³-hybridized carbons (Fsp3) is 0.409. The number of anilines is 2. The maximum absolute atomic E-state index is 13.0. The van der Waals surface area contributed by atoms with Crippen molar-refractivity contribution in [1.82, 2.24) is 4.31 Å². The van der Waals surface area contributed by atoms with Crippen LogP contribution in [0.25, 0.3) is 0 Å². The number of nitrogens with one attached hydrogen (secondary N) is 1. The minimum absolute atomic E-state index is 0.127. The molecule has 1 unspecified atom stereocenters. The topological polar surface area (TPSA) is 69.7 Å². The van der Waals surface area contributed by atoms with Crippen molar-refractivity contribution in [2.24, 2.45) is 5.92 Å². The maximum Gasteiger partial charge on any atom is 0.243 e. The van der Waals surface area contributed by atoms with E-state index >= 15 is 0 Å². The van der Waals surface area contributed by atoms with E-state index in [1.165, 1.54) is 16.4 Å². The third-order valence-corrected chi connectivity index (χ3v) is 7.95. The summed E-state index contributed by atoms with van der Waals surface area (Å²) >= 11 is 5.88. The van der Waals surface area contributed by atoms with Crippen molar-refractivity contribution in [3.63, 3.8) is 0 Å². The number of rotatable bonds is 5. The molecule has 1 atom stereocenters. The Morgan fingerprint density at radius 2 is 1.67 bits per heavy atom. The lowest BCUT2D eigenvalue weighted by molar-refractivity contribution is -0.120. The fourth-order valence-corrected chi connectivity index (χ4v) is 5.83. The number of benzene rings is 2. The van der Waals surface area contributed by atoms with Gasteiger partial charge in [0.1, 0.15) is 0 Å². The van der Waals surface area contributed by atoms with E-state index in [0.717, 1.165) is 37.3 Å². The van der Waals surface area contributed by atoms with Crippen LogP contribution in [0.3, 0.4) is 0 Å². The van der Waals surface area contributed by atoms with Crippen LogP contribution in [0, 0.1) is 5.92 Å². The highest BCUT2D eigenvalue weighted by molar-refractivity contribution is 7.89. The first-order chi connectivity index (χ1) is 14.4. The molecular weight excluding hydrogens is 422 g/mol. The molecule has 6 nitrogen and oxygen atoms in total. The standard InChI is InChI=1S/C22H26ClN3O3S/c23-18-9-11-19(12-10-18)30(28,29)26-15-5-6-17(16-26)22(27)24-20-7-1-2-8-21(20)25-13-3-4-14-25/h1-2,7-12,17H,3-6,13-16H2,(H,24,27). The van der Waals surface area contributed by atoms with Crippen molar-refractivity contribution < 1.29 is 13.2 Å². The van der Waals surface area contributed by atoms with E-state index in [1.54, 1.807) is 12.1 Å². The second-order valence-electron chi connectivity index (χ2n) is 7.86. The molecular formula is C22H26ClN3O3S. The number of carbonyl (C=O) groups excluding carboxylic acids is 1. The van der Waals surface area contributed by atoms with E-state index in [4.69, 9.17) is 11.6 Å². The largest absolute Gasteiger partial charge is 0.370 e. The average Bonchev–Trinajstić information content (AvgIpc) is 3.29. The van der Waals surface area contributed by atoms with Crippen molar-refractivity contribution >= 4 is 38.9 Å². The van der Waals surface area contributed by atoms with Gasteiger partial charge in [-0.15, -0.1) is 0 Å². The number of carbonyl (C=O) groups is 1. The van der Waals surface area contributed by atoms with Crippen molar-refractivity contribution in [1.29, 1.82) is 0 Å². The smallest absolute Gasteiger partial charge is 0.243 e. The summed E-state index contributed by atoms with van der Waals surface area (Å²) < 4.78 is 27.4. The summed E-state index contributed by atoms with van der Waals surface area (Å²) in [6.07, 6.45) is 3.63. The average molecular weight is 448 g/mol. The Bertz CT molecular complexity index is 1000. The molecule has 0 aromatic heterocycles. The predicted octanol–water partition coefficient (Wildman–Crippen LogP) is 3.98. The van der Waals surface area contributed by atoms with Crippen LogP contribution in [0.5, 0.6) is 0 Å². The molecule has 4 rings (SSSR count). The maximum atomic E-state index is 13.0. The molecule has 160 valence electrons. The third kappa shape index (κ3) is 4.48. The Hall–Kier alpha value is -2.09. The van der Waals surface area contributed by atoms with Gasteiger partial charge in [-0.05, 0) is 62.1 Å². The van der Waals surface area contributed by atoms with E-state index in [2.05, 4.69) is 10.2 Å². The zero-order chi connectivity index (χ0) is 21.1. The quantitative estimate of drug-likeness (QED) is 0.752. The van der Waals surface area contributed by atoms with Crippen LogP contribution >= 0.6 is 11.6 Å². The molecule has 2 aliphatic heterocycles. The van der Waals surface area contributed by atoms with Gasteiger partial charge in [0.2, 0.25) is 15.9 Å². The van der Waals surface area contributed by atoms with Crippen LogP contribution in [-0.2, 0) is 14.8 Å². The van der Waals surface area contributed by atoms with Crippen molar-refractivity contribution in [3.8, 4) is 0 Å². The summed E-state index contributed by atoms with van der Waals surface area (Å²) in [5, 5.41) is 3.54. The van der Waals surface area contributed by atoms with Gasteiger partial charge in [0, 0.05) is 31.2 Å². The van der Waals surface area contributed by atoms with Gasteiger partial charge in [-0.3, -0.25) is 4.79 Å². The highest BCUT2D eigenvalue weighted by Crippen LogP contribution is 2.30. The van der Waals surface area contributed by atoms with Gasteiger partial charge in [-0.1, -0.05) is 23.7 Å². The molecule has 2 fully saturated rings. The summed E-state index contributed by atoms with van der Waals surface area (Å²) in [7, 11) is -3.65. The van der Waals surface area contributed by atoms with Gasteiger partial charge >= 0.3 is 0 Å². The first kappa shape index (κ1) is 21.2. The zero-order valence-corrected chi connectivity index (χ0v) is 18.3. The SMILES string of the molecule is O=C(Nc1ccccc1N1CCCC1)C1CCCN(S(=O)(=O)c2ccc(Cl)cc2)C1. The van der Waals surface area contributed by atoms with Crippen LogP contribution in [0.4, 0.5) is 11.4 Å². The fourth-order valence-electron chi connectivity index (χ4n) is 4.18. The molecule has 2 aromatic carbocycles. The second kappa shape index (κ2) is 8.96. The number of hydrogen-bond acceptors (Lipinski definition) is 4. The first-order valence-corrected chi connectivity index (χ1v) is 12.2. The summed E-state index contributed by atoms with van der Waals surface area (Å²) in [4.78, 5) is 15.5. The summed E-state index contributed by atoms with van der Waals surface area (Å²) in [6.45, 7) is 2.58. The minimum Gasteiger partial charge on any atom is -0.370 e. The van der Waals surface area contributed by atoms with Gasteiger partial charge in [0.15, 0.2) is 0 Å². The highest BCUT2D eigenvalue weighted by atomic mass is 35.5. The van der Waals surface area contributed by atoms with Crippen LogP contribution in [0.15, 0.2) is 53.4 Å². The normalized spacial score (nSPS) is 20.3. The molecule has 2 aromatic rings. The van der Waals surface area contributed by atoms with Gasteiger partial charge in [-0.2, -0.15) is 4.31 Å². The lowest BCUT2D eigenvalue weighted by atomic mass is 9.98. The van der Waals surface area contributed by atoms with Crippen LogP contribution in [-0.4, -0.2) is 44.8 Å². The summed E-state index contributed by atoms with van der Waals surface area (Å²) in [5.74, 6) is -0.509. The molecule has 2 heterocycles. The molecule has 1 amide bonds. The minimum atomic E-state index is -3.65. The number of piperidine rings is 1. The molecule has 0 spiro atoms. The summed E-state index contributed by atoms with van der Waals surface area (Å²) in [5.41, 5.74) is 1.83. The monoisotopic (exact) mass is 447 g/mol. The molecule has 0 aliphatic carbocycles. The van der Waals surface area contributed by atoms with Crippen molar-refractivity contribution in [2.45, 2.75) is 30.6 Å². The molecule has 1 N–H and O–H groups in total. The van der Waals surface area contributed by atoms with Crippen molar-refractivity contribution in [3.05, 3.63) is 53.6 Å². The lowest BCUT2D eigenvalue weighted by Gasteiger charge is -2.31. The molecule has 0 bridgehead atoms. The molecule has 2 aliphatic rings. The van der Waals surface area contributed by atoms with Gasteiger partial charge in [0.25, 0.3) is 0 Å². The van der Waals surface area contributed by atoms with Crippen LogP contribution < -0.4 is 10.2 Å². The Morgan fingerprint density at radius 1 is 0.967 bits per heavy atom. The molecule has 30 heavy (non-hydrogen) atoms. The Labute approximate surface area is 182 Å². The van der Waals surface area contributed by atoms with E-state index in [1.807, 2.05) is 24.3 Å². The molecule has 2 saturated heterocycles. The number of amides is 1. The lowest BCUT2D eigenvalue weighted by Crippen LogP contribution is -2.43. The third-order valence-electron chi connectivity index (χ3n) is 5.81. The summed E-state index contributed by atoms with van der Waals surface area (Å²) in [6, 6.07) is 14.0. The van der Waals surface area contributed by atoms with Crippen LogP contribution in [0.1, 0.15) is 25.7 Å². The van der Waals surface area contributed by atoms with E-state index in [9.17, 15) is 13.2 Å². The predicted molar refractivity (Wildman–Crippen MR) is 119 cm³/mol. The zero-order valence-electron chi connectivity index (χ0n) is 16.8. The number of nitrogens with zero attached hydrogens (tertiary/aromatic N) is 2. The highest BCUT2D eigenvalue weighted by Gasteiger charge is 2.33. The number of halogens is 1. The Kier molecular flexibility index (Phi) is 6.32. The van der Waals surface area contributed by atoms with Crippen LogP contribution in [0.2, 0.25) is 5.02 Å². The molecule has 8 heteroatoms. The number of hydrogen-bond donors (Lipinski definition) is 1. The van der Waals surface area contributed by atoms with Gasteiger partial charge in [0.05, 0.1) is 22.2 Å². The van der Waals surface area contributed by atoms with Gasteiger partial charge < -0.3 is 10.2 Å². The molecule has 0 saturated carbocycles. The van der Waals surface area contributed by atoms with E-state index < -0.39 is 10.0 Å². The number of sulfonamides is 1. The van der Waals surface area contributed by atoms with Crippen molar-refractivity contribution in [2.75, 3.05) is 36.4 Å². The van der Waals surface area contributed by atoms with Gasteiger partial charge in [-0.25, -0.2) is 8.42 Å². The Morgan fingerprint density at radius 3 is 2.40 bits per heavy atom. The molecule has 0 radical (unpaired) electrons. The van der Waals surface area contributed by atoms with E-state index in [0.29, 0.717) is 24.4 Å². The second-order valence-corrected chi connectivity index (χ2v) is 10.2. The number of para-hydroxylation sites is 2. The first-order valence-electron chi connectivity index (χ1n) is 10.4.